The number of ether oxygens (including phenoxy) is 2. The predicted molar refractivity (Wildman–Crippen MR) is 133 cm³/mol. The van der Waals surface area contributed by atoms with E-state index in [1.165, 1.54) is 0 Å². The highest BCUT2D eigenvalue weighted by Crippen LogP contribution is 2.25. The van der Waals surface area contributed by atoms with Crippen molar-refractivity contribution in [3.05, 3.63) is 113 Å². The van der Waals surface area contributed by atoms with Crippen LogP contribution in [0.4, 0.5) is 5.69 Å². The van der Waals surface area contributed by atoms with Gasteiger partial charge in [0.1, 0.15) is 18.1 Å². The molecule has 0 heterocycles. The van der Waals surface area contributed by atoms with Crippen molar-refractivity contribution in [3.63, 3.8) is 0 Å². The number of carbonyl (C=O) groups is 1. The third-order valence-electron chi connectivity index (χ3n) is 5.38. The molecule has 0 aliphatic carbocycles. The molecule has 4 aromatic rings. The number of rotatable bonds is 7. The summed E-state index contributed by atoms with van der Waals surface area (Å²) in [6.45, 7) is 4.31. The SMILES string of the molecule is COc1ccc(C(=O)Nc2cc(C)cc(C)c2)cc1COc1ccc(-c2ccccc2)cc1. The Morgan fingerprint density at radius 3 is 2.12 bits per heavy atom. The Morgan fingerprint density at radius 1 is 0.788 bits per heavy atom. The van der Waals surface area contributed by atoms with Gasteiger partial charge in [-0.05, 0) is 78.6 Å². The third-order valence-corrected chi connectivity index (χ3v) is 5.38. The molecule has 1 amide bonds. The van der Waals surface area contributed by atoms with Crippen molar-refractivity contribution >= 4 is 11.6 Å². The summed E-state index contributed by atoms with van der Waals surface area (Å²) in [4.78, 5) is 12.8. The molecule has 0 aliphatic heterocycles. The number of benzene rings is 4. The Kier molecular flexibility index (Phi) is 6.75. The van der Waals surface area contributed by atoms with E-state index in [9.17, 15) is 4.79 Å². The van der Waals surface area contributed by atoms with Gasteiger partial charge in [0.05, 0.1) is 7.11 Å². The van der Waals surface area contributed by atoms with Crippen LogP contribution in [0.5, 0.6) is 11.5 Å². The van der Waals surface area contributed by atoms with Crippen molar-refractivity contribution in [2.24, 2.45) is 0 Å². The van der Waals surface area contributed by atoms with Crippen LogP contribution < -0.4 is 14.8 Å². The maximum Gasteiger partial charge on any atom is 0.255 e. The number of anilines is 1. The van der Waals surface area contributed by atoms with E-state index in [-0.39, 0.29) is 5.91 Å². The number of hydrogen-bond acceptors (Lipinski definition) is 3. The molecule has 0 atom stereocenters. The quantitative estimate of drug-likeness (QED) is 0.345. The molecule has 0 saturated carbocycles. The van der Waals surface area contributed by atoms with Crippen LogP contribution in [-0.4, -0.2) is 13.0 Å². The van der Waals surface area contributed by atoms with Crippen LogP contribution in [0.15, 0.2) is 91.0 Å². The highest BCUT2D eigenvalue weighted by Gasteiger charge is 2.12. The van der Waals surface area contributed by atoms with Crippen molar-refractivity contribution in [1.82, 2.24) is 0 Å². The molecule has 0 spiro atoms. The van der Waals surface area contributed by atoms with Crippen molar-refractivity contribution in [2.45, 2.75) is 20.5 Å². The standard InChI is InChI=1S/C29H27NO3/c1-20-15-21(2)17-26(16-20)30-29(31)24-11-14-28(32-3)25(18-24)19-33-27-12-9-23(10-13-27)22-7-5-4-6-8-22/h4-18H,19H2,1-3H3,(H,30,31). The Hall–Kier alpha value is -4.05. The lowest BCUT2D eigenvalue weighted by atomic mass is 10.1. The van der Waals surface area contributed by atoms with Gasteiger partial charge in [-0.15, -0.1) is 0 Å². The lowest BCUT2D eigenvalue weighted by Crippen LogP contribution is -2.13. The minimum Gasteiger partial charge on any atom is -0.496 e. The van der Waals surface area contributed by atoms with E-state index < -0.39 is 0 Å². The highest BCUT2D eigenvalue weighted by molar-refractivity contribution is 6.04. The van der Waals surface area contributed by atoms with Gasteiger partial charge in [-0.3, -0.25) is 4.79 Å². The summed E-state index contributed by atoms with van der Waals surface area (Å²) in [6.07, 6.45) is 0. The van der Waals surface area contributed by atoms with E-state index >= 15 is 0 Å². The molecule has 0 unspecified atom stereocenters. The monoisotopic (exact) mass is 437 g/mol. The fraction of sp³-hybridized carbons (Fsp3) is 0.138. The van der Waals surface area contributed by atoms with Gasteiger partial charge in [0.2, 0.25) is 0 Å². The first-order chi connectivity index (χ1) is 16.0. The molecule has 0 fully saturated rings. The van der Waals surface area contributed by atoms with Crippen molar-refractivity contribution in [2.75, 3.05) is 12.4 Å². The maximum absolute atomic E-state index is 12.8. The average Bonchev–Trinajstić information content (AvgIpc) is 2.82. The lowest BCUT2D eigenvalue weighted by molar-refractivity contribution is 0.102. The van der Waals surface area contributed by atoms with Crippen LogP contribution in [0.1, 0.15) is 27.0 Å². The molecular formula is C29H27NO3. The number of aryl methyl sites for hydroxylation is 2. The lowest BCUT2D eigenvalue weighted by Gasteiger charge is -2.13. The molecule has 0 saturated heterocycles. The van der Waals surface area contributed by atoms with Gasteiger partial charge in [0.15, 0.2) is 0 Å². The Labute approximate surface area is 194 Å². The molecular weight excluding hydrogens is 410 g/mol. The molecule has 4 aromatic carbocycles. The van der Waals surface area contributed by atoms with E-state index in [1.807, 2.05) is 74.5 Å². The zero-order valence-electron chi connectivity index (χ0n) is 19.1. The number of amides is 1. The van der Waals surface area contributed by atoms with E-state index in [1.54, 1.807) is 19.2 Å². The van der Waals surface area contributed by atoms with Gasteiger partial charge in [-0.25, -0.2) is 0 Å². The van der Waals surface area contributed by atoms with Gasteiger partial charge in [0.25, 0.3) is 5.91 Å². The maximum atomic E-state index is 12.8. The van der Waals surface area contributed by atoms with Crippen LogP contribution in [0, 0.1) is 13.8 Å². The molecule has 0 aromatic heterocycles. The van der Waals surface area contributed by atoms with Crippen LogP contribution in [-0.2, 0) is 6.61 Å². The summed E-state index contributed by atoms with van der Waals surface area (Å²) >= 11 is 0. The highest BCUT2D eigenvalue weighted by atomic mass is 16.5. The number of hydrogen-bond donors (Lipinski definition) is 1. The van der Waals surface area contributed by atoms with Gasteiger partial charge < -0.3 is 14.8 Å². The smallest absolute Gasteiger partial charge is 0.255 e. The van der Waals surface area contributed by atoms with Gasteiger partial charge in [-0.2, -0.15) is 0 Å². The Morgan fingerprint density at radius 2 is 1.45 bits per heavy atom. The van der Waals surface area contributed by atoms with E-state index in [0.717, 1.165) is 39.3 Å². The van der Waals surface area contributed by atoms with Crippen molar-refractivity contribution < 1.29 is 14.3 Å². The molecule has 4 rings (SSSR count). The largest absolute Gasteiger partial charge is 0.496 e. The number of nitrogens with one attached hydrogen (secondary N) is 1. The molecule has 1 N–H and O–H groups in total. The van der Waals surface area contributed by atoms with Crippen LogP contribution in [0.25, 0.3) is 11.1 Å². The summed E-state index contributed by atoms with van der Waals surface area (Å²) in [7, 11) is 1.61. The van der Waals surface area contributed by atoms with E-state index in [0.29, 0.717) is 17.9 Å². The van der Waals surface area contributed by atoms with Crippen molar-refractivity contribution in [1.29, 1.82) is 0 Å². The first-order valence-electron chi connectivity index (χ1n) is 10.9. The average molecular weight is 438 g/mol. The minimum atomic E-state index is -0.170. The summed E-state index contributed by atoms with van der Waals surface area (Å²) in [5.74, 6) is 1.26. The molecule has 4 nitrogen and oxygen atoms in total. The molecule has 0 aliphatic rings. The second-order valence-corrected chi connectivity index (χ2v) is 8.04. The summed E-state index contributed by atoms with van der Waals surface area (Å²) in [5, 5.41) is 2.98. The molecule has 0 bridgehead atoms. The first-order valence-corrected chi connectivity index (χ1v) is 10.9. The Balaban J connectivity index is 1.47. The predicted octanol–water partition coefficient (Wildman–Crippen LogP) is 6.81. The fourth-order valence-electron chi connectivity index (χ4n) is 3.82. The topological polar surface area (TPSA) is 47.6 Å². The normalized spacial score (nSPS) is 10.5. The van der Waals surface area contributed by atoms with Crippen LogP contribution in [0.3, 0.4) is 0 Å². The minimum absolute atomic E-state index is 0.170. The summed E-state index contributed by atoms with van der Waals surface area (Å²) < 4.78 is 11.5. The zero-order chi connectivity index (χ0) is 23.2. The summed E-state index contributed by atoms with van der Waals surface area (Å²) in [6, 6.07) is 29.5. The zero-order valence-corrected chi connectivity index (χ0v) is 19.1. The molecule has 4 heteroatoms. The van der Waals surface area contributed by atoms with E-state index in [4.69, 9.17) is 9.47 Å². The van der Waals surface area contributed by atoms with Gasteiger partial charge in [-0.1, -0.05) is 48.5 Å². The van der Waals surface area contributed by atoms with Crippen molar-refractivity contribution in [3.8, 4) is 22.6 Å². The molecule has 0 radical (unpaired) electrons. The Bertz CT molecular complexity index is 1230. The van der Waals surface area contributed by atoms with Crippen LogP contribution >= 0.6 is 0 Å². The van der Waals surface area contributed by atoms with Crippen LogP contribution in [0.2, 0.25) is 0 Å². The molecule has 166 valence electrons. The van der Waals surface area contributed by atoms with E-state index in [2.05, 4.69) is 23.5 Å². The first kappa shape index (κ1) is 22.2. The van der Waals surface area contributed by atoms with Gasteiger partial charge >= 0.3 is 0 Å². The second kappa shape index (κ2) is 10.0. The number of methoxy groups -OCH3 is 1. The fourth-order valence-corrected chi connectivity index (χ4v) is 3.82. The number of carbonyl (C=O) groups excluding carboxylic acids is 1. The van der Waals surface area contributed by atoms with Gasteiger partial charge in [0, 0.05) is 16.8 Å². The molecule has 33 heavy (non-hydrogen) atoms. The third kappa shape index (κ3) is 5.60. The summed E-state index contributed by atoms with van der Waals surface area (Å²) in [5.41, 5.74) is 6.63. The second-order valence-electron chi connectivity index (χ2n) is 8.04.